The Morgan fingerprint density at radius 3 is 2.89 bits per heavy atom. The number of likely N-dealkylation sites (N-methyl/N-ethyl adjacent to an activating group) is 1. The molecule has 1 unspecified atom stereocenters. The van der Waals surface area contributed by atoms with E-state index in [0.717, 1.165) is 41.7 Å². The van der Waals surface area contributed by atoms with E-state index in [4.69, 9.17) is 9.47 Å². The van der Waals surface area contributed by atoms with E-state index < -0.39 is 0 Å². The molecular weight excluding hydrogens is 471 g/mol. The summed E-state index contributed by atoms with van der Waals surface area (Å²) < 4.78 is 14.5. The summed E-state index contributed by atoms with van der Waals surface area (Å²) in [5, 5.41) is 3.28. The number of para-hydroxylation sites is 2. The van der Waals surface area contributed by atoms with Crippen molar-refractivity contribution in [1.82, 2.24) is 0 Å². The monoisotopic (exact) mass is 494 g/mol. The number of hydrogen-bond acceptors (Lipinski definition) is 4. The number of anilines is 1. The lowest BCUT2D eigenvalue weighted by Gasteiger charge is -2.15. The summed E-state index contributed by atoms with van der Waals surface area (Å²) in [7, 11) is 0. The Morgan fingerprint density at radius 1 is 1.30 bits per heavy atom. The second kappa shape index (κ2) is 8.56. The van der Waals surface area contributed by atoms with Crippen LogP contribution in [0, 0.1) is 0 Å². The van der Waals surface area contributed by atoms with Gasteiger partial charge < -0.3 is 38.4 Å². The fourth-order valence-corrected chi connectivity index (χ4v) is 4.26. The lowest BCUT2D eigenvalue weighted by atomic mass is 10.2. The predicted molar refractivity (Wildman–Crippen MR) is 107 cm³/mol. The Bertz CT molecular complexity index is 886. The van der Waals surface area contributed by atoms with Gasteiger partial charge in [0, 0.05) is 18.7 Å². The Labute approximate surface area is 181 Å². The average molecular weight is 494 g/mol. The number of hydrogen-bond donors (Lipinski definition) is 0. The van der Waals surface area contributed by atoms with E-state index in [0.29, 0.717) is 0 Å². The molecule has 4 rings (SSSR count). The molecule has 0 spiro atoms. The van der Waals surface area contributed by atoms with Crippen LogP contribution in [0.25, 0.3) is 0 Å². The van der Waals surface area contributed by atoms with E-state index in [1.54, 1.807) is 11.8 Å². The maximum absolute atomic E-state index is 6.14. The summed E-state index contributed by atoms with van der Waals surface area (Å²) in [6, 6.07) is 8.15. The Hall–Kier alpha value is -1.67. The molecule has 0 saturated carbocycles. The fraction of sp³-hybridized carbons (Fsp3) is 0.286. The third-order valence-corrected chi connectivity index (χ3v) is 5.53. The van der Waals surface area contributed by atoms with Crippen molar-refractivity contribution in [3.8, 4) is 5.75 Å². The van der Waals surface area contributed by atoms with Crippen LogP contribution in [0.1, 0.15) is 20.8 Å². The molecule has 1 atom stereocenters. The highest BCUT2D eigenvalue weighted by Gasteiger charge is 2.37. The largest absolute Gasteiger partial charge is 1.00 e. The standard InChI is InChI=1S/C21H23N2O2S.HI/c1-4-22-16-9-6-7-10-17(16)24-19(22)13-15(3)14-20-23(5-2)21-18(25-20)11-8-12-26-21;/h6-14,20H,4-5H2,1-3H3;1H/q+1;/p-1. The van der Waals surface area contributed by atoms with Gasteiger partial charge in [0.25, 0.3) is 5.04 Å². The highest BCUT2D eigenvalue weighted by atomic mass is 127. The summed E-state index contributed by atoms with van der Waals surface area (Å²) in [6.07, 6.45) is 8.23. The summed E-state index contributed by atoms with van der Waals surface area (Å²) in [5.74, 6) is 2.74. The summed E-state index contributed by atoms with van der Waals surface area (Å²) in [6.45, 7) is 8.15. The van der Waals surface area contributed by atoms with Crippen LogP contribution in [0.5, 0.6) is 5.75 Å². The lowest BCUT2D eigenvalue weighted by Crippen LogP contribution is -3.00. The molecule has 0 aromatic heterocycles. The Kier molecular flexibility index (Phi) is 6.37. The van der Waals surface area contributed by atoms with Crippen LogP contribution in [-0.2, 0) is 4.74 Å². The fourth-order valence-electron chi connectivity index (χ4n) is 3.37. The van der Waals surface area contributed by atoms with Crippen LogP contribution in [0.3, 0.4) is 0 Å². The third kappa shape index (κ3) is 3.82. The van der Waals surface area contributed by atoms with Gasteiger partial charge in [-0.25, -0.2) is 0 Å². The molecule has 3 heterocycles. The molecule has 6 heteroatoms. The van der Waals surface area contributed by atoms with Gasteiger partial charge in [-0.2, -0.15) is 4.58 Å². The normalized spacial score (nSPS) is 22.1. The van der Waals surface area contributed by atoms with Gasteiger partial charge in [0.05, 0.1) is 5.69 Å². The topological polar surface area (TPSA) is 24.7 Å². The minimum atomic E-state index is -0.0793. The number of thioether (sulfide) groups is 1. The van der Waals surface area contributed by atoms with Crippen molar-refractivity contribution in [3.63, 3.8) is 0 Å². The van der Waals surface area contributed by atoms with Crippen molar-refractivity contribution in [2.24, 2.45) is 0 Å². The van der Waals surface area contributed by atoms with Crippen molar-refractivity contribution in [2.45, 2.75) is 27.0 Å². The van der Waals surface area contributed by atoms with Crippen molar-refractivity contribution < 1.29 is 38.0 Å². The smallest absolute Gasteiger partial charge is 0.318 e. The van der Waals surface area contributed by atoms with E-state index in [2.05, 4.69) is 53.9 Å². The molecule has 142 valence electrons. The lowest BCUT2D eigenvalue weighted by molar-refractivity contribution is -0.576. The summed E-state index contributed by atoms with van der Waals surface area (Å²) in [4.78, 5) is 2.19. The number of halogens is 1. The second-order valence-corrected chi connectivity index (χ2v) is 7.18. The van der Waals surface area contributed by atoms with E-state index in [-0.39, 0.29) is 30.2 Å². The molecule has 0 amide bonds. The maximum Gasteiger partial charge on any atom is 0.318 e. The molecule has 0 bridgehead atoms. The molecule has 1 aromatic rings. The van der Waals surface area contributed by atoms with E-state index in [1.165, 1.54) is 5.04 Å². The SMILES string of the molecule is CCN1C(=CC(C)=CC2OC3=CC=CSC3=[N+]2CC)Oc2ccccc21.[I-]. The highest BCUT2D eigenvalue weighted by molar-refractivity contribution is 8.16. The number of rotatable bonds is 4. The quantitative estimate of drug-likeness (QED) is 0.470. The average Bonchev–Trinajstić information content (AvgIpc) is 3.17. The number of allylic oxidation sites excluding steroid dienone is 4. The van der Waals surface area contributed by atoms with Crippen molar-refractivity contribution in [3.05, 3.63) is 71.2 Å². The molecule has 0 saturated heterocycles. The van der Waals surface area contributed by atoms with Gasteiger partial charge in [-0.3, -0.25) is 0 Å². The van der Waals surface area contributed by atoms with Crippen LogP contribution in [0.15, 0.2) is 71.2 Å². The van der Waals surface area contributed by atoms with Crippen LogP contribution in [-0.4, -0.2) is 28.9 Å². The number of fused-ring (bicyclic) bond motifs is 2. The van der Waals surface area contributed by atoms with Gasteiger partial charge in [0.2, 0.25) is 11.6 Å². The first-order valence-electron chi connectivity index (χ1n) is 9.00. The summed E-state index contributed by atoms with van der Waals surface area (Å²) in [5.41, 5.74) is 2.24. The van der Waals surface area contributed by atoms with Gasteiger partial charge in [-0.1, -0.05) is 18.2 Å². The predicted octanol–water partition coefficient (Wildman–Crippen LogP) is 1.63. The Balaban J connectivity index is 0.00000210. The Morgan fingerprint density at radius 2 is 2.11 bits per heavy atom. The van der Waals surface area contributed by atoms with Crippen LogP contribution in [0.2, 0.25) is 0 Å². The first-order valence-corrected chi connectivity index (χ1v) is 9.88. The molecule has 3 aliphatic heterocycles. The number of benzene rings is 1. The first-order chi connectivity index (χ1) is 12.7. The number of ether oxygens (including phenoxy) is 2. The van der Waals surface area contributed by atoms with Crippen LogP contribution >= 0.6 is 11.8 Å². The third-order valence-electron chi connectivity index (χ3n) is 4.58. The maximum atomic E-state index is 6.14. The van der Waals surface area contributed by atoms with Crippen LogP contribution < -0.4 is 33.6 Å². The highest BCUT2D eigenvalue weighted by Crippen LogP contribution is 2.38. The molecule has 3 aliphatic rings. The van der Waals surface area contributed by atoms with Gasteiger partial charge in [-0.05, 0) is 61.7 Å². The molecule has 27 heavy (non-hydrogen) atoms. The van der Waals surface area contributed by atoms with Crippen molar-refractivity contribution in [1.29, 1.82) is 0 Å². The van der Waals surface area contributed by atoms with Gasteiger partial charge >= 0.3 is 6.23 Å². The van der Waals surface area contributed by atoms with E-state index in [9.17, 15) is 0 Å². The minimum absolute atomic E-state index is 0. The first kappa shape index (κ1) is 20.1. The molecule has 0 radical (unpaired) electrons. The molecule has 4 nitrogen and oxygen atoms in total. The molecule has 0 aliphatic carbocycles. The van der Waals surface area contributed by atoms with Crippen LogP contribution in [0.4, 0.5) is 5.69 Å². The van der Waals surface area contributed by atoms with Gasteiger partial charge in [-0.15, -0.1) is 0 Å². The van der Waals surface area contributed by atoms with Crippen molar-refractivity contribution >= 4 is 22.5 Å². The minimum Gasteiger partial charge on any atom is -1.00 e. The van der Waals surface area contributed by atoms with Crippen molar-refractivity contribution in [2.75, 3.05) is 18.0 Å². The number of nitrogens with zero attached hydrogens (tertiary/aromatic N) is 2. The van der Waals surface area contributed by atoms with Gasteiger partial charge in [0.15, 0.2) is 5.75 Å². The summed E-state index contributed by atoms with van der Waals surface area (Å²) >= 11 is 1.72. The zero-order valence-electron chi connectivity index (χ0n) is 15.7. The molecule has 0 fully saturated rings. The zero-order valence-corrected chi connectivity index (χ0v) is 18.7. The second-order valence-electron chi connectivity index (χ2n) is 6.28. The zero-order chi connectivity index (χ0) is 18.1. The molecule has 0 N–H and O–H groups in total. The van der Waals surface area contributed by atoms with E-state index >= 15 is 0 Å². The molecular formula is C21H23IN2O2S. The van der Waals surface area contributed by atoms with Gasteiger partial charge in [0.1, 0.15) is 6.54 Å². The molecule has 1 aromatic carbocycles. The van der Waals surface area contributed by atoms with E-state index in [1.807, 2.05) is 30.4 Å².